The molecule has 50 heavy (non-hydrogen) atoms. The Kier molecular flexibility index (Phi) is 18.8. The molecule has 14 nitrogen and oxygen atoms in total. The quantitative estimate of drug-likeness (QED) is 0.0478. The van der Waals surface area contributed by atoms with E-state index in [9.17, 15) is 32.7 Å². The summed E-state index contributed by atoms with van der Waals surface area (Å²) in [6, 6.07) is -3.82. The normalized spacial score (nSPS) is 19.0. The van der Waals surface area contributed by atoms with E-state index in [0.29, 0.717) is 45.4 Å². The number of likely N-dealkylation sites (N-methyl/N-ethyl adjacent to an activating group) is 1. The van der Waals surface area contributed by atoms with Crippen molar-refractivity contribution in [2.24, 2.45) is 22.7 Å². The summed E-state index contributed by atoms with van der Waals surface area (Å²) < 4.78 is 21.7. The summed E-state index contributed by atoms with van der Waals surface area (Å²) in [5, 5.41) is 14.4. The van der Waals surface area contributed by atoms with Gasteiger partial charge in [-0.05, 0) is 35.5 Å². The number of hydrogen-bond donors (Lipinski definition) is 6. The van der Waals surface area contributed by atoms with Crippen LogP contribution in [0.2, 0.25) is 0 Å². The number of Topliss-reactive ketones (excluding diaryl/α,β-unsaturated/α-hetero) is 1. The van der Waals surface area contributed by atoms with Gasteiger partial charge in [0.05, 0.1) is 6.04 Å². The molecule has 1 rings (SSSR count). The molecule has 1 aliphatic heterocycles. The molecule has 288 valence electrons. The van der Waals surface area contributed by atoms with Crippen LogP contribution in [0.3, 0.4) is 0 Å². The minimum Gasteiger partial charge on any atom is -0.346 e. The fourth-order valence-electron chi connectivity index (χ4n) is 5.91. The van der Waals surface area contributed by atoms with Crippen LogP contribution in [0.1, 0.15) is 94.4 Å². The van der Waals surface area contributed by atoms with E-state index in [2.05, 4.69) is 33.2 Å². The number of likely N-dealkylation sites (tertiary alicyclic amines) is 1. The third-order valence-corrected chi connectivity index (χ3v) is 9.89. The first kappa shape index (κ1) is 45.1. The molecular weight excluding hydrogens is 662 g/mol. The summed E-state index contributed by atoms with van der Waals surface area (Å²) >= 11 is -2.07. The van der Waals surface area contributed by atoms with Crippen LogP contribution < -0.4 is 26.6 Å². The lowest BCUT2D eigenvalue weighted by Gasteiger charge is -2.38. The number of nitrogens with zero attached hydrogens (tertiary/aromatic N) is 2. The zero-order chi connectivity index (χ0) is 38.4. The highest BCUT2D eigenvalue weighted by atomic mass is 32.2. The smallest absolute Gasteiger partial charge is 0.315 e. The van der Waals surface area contributed by atoms with Gasteiger partial charge in [-0.15, -0.1) is 6.58 Å². The van der Waals surface area contributed by atoms with Crippen molar-refractivity contribution >= 4 is 40.8 Å². The molecule has 6 atom stereocenters. The van der Waals surface area contributed by atoms with Crippen LogP contribution >= 0.6 is 0 Å². The number of nitrogens with one attached hydrogen (secondary N) is 5. The minimum absolute atomic E-state index is 0.0373. The van der Waals surface area contributed by atoms with Crippen molar-refractivity contribution in [2.45, 2.75) is 119 Å². The predicted molar refractivity (Wildman–Crippen MR) is 197 cm³/mol. The van der Waals surface area contributed by atoms with E-state index < -0.39 is 64.3 Å². The van der Waals surface area contributed by atoms with Crippen molar-refractivity contribution in [2.75, 3.05) is 39.8 Å². The van der Waals surface area contributed by atoms with E-state index >= 15 is 0 Å². The van der Waals surface area contributed by atoms with Gasteiger partial charge in [0.2, 0.25) is 28.9 Å². The Labute approximate surface area is 302 Å². The third-order valence-electron chi connectivity index (χ3n) is 9.17. The molecule has 0 aromatic heterocycles. The molecule has 0 aromatic carbocycles. The predicted octanol–water partition coefficient (Wildman–Crippen LogP) is 2.58. The maximum absolute atomic E-state index is 14.4. The van der Waals surface area contributed by atoms with Gasteiger partial charge in [-0.2, -0.15) is 0 Å². The topological polar surface area (TPSA) is 189 Å². The molecule has 1 saturated heterocycles. The molecule has 0 bridgehead atoms. The highest BCUT2D eigenvalue weighted by Gasteiger charge is 2.48. The number of unbranched alkanes of at least 4 members (excludes halogenated alkanes) is 2. The van der Waals surface area contributed by atoms with E-state index in [4.69, 9.17) is 0 Å². The van der Waals surface area contributed by atoms with Crippen LogP contribution in [0.25, 0.3) is 0 Å². The molecule has 1 heterocycles. The zero-order valence-corrected chi connectivity index (χ0v) is 32.8. The molecule has 0 aliphatic carbocycles. The fraction of sp³-hybridized carbons (Fsp3) is 0.800. The van der Waals surface area contributed by atoms with E-state index in [1.54, 1.807) is 0 Å². The molecular formula is C35H65N7O7S. The van der Waals surface area contributed by atoms with E-state index in [0.717, 1.165) is 12.8 Å². The Bertz CT molecular complexity index is 1180. The average Bonchev–Trinajstić information content (AvgIpc) is 3.47. The maximum Gasteiger partial charge on any atom is 0.315 e. The lowest BCUT2D eigenvalue weighted by Crippen LogP contribution is -2.62. The minimum atomic E-state index is -2.07. The zero-order valence-electron chi connectivity index (χ0n) is 32.0. The van der Waals surface area contributed by atoms with Crippen molar-refractivity contribution in [1.82, 2.24) is 35.8 Å². The number of rotatable bonds is 20. The van der Waals surface area contributed by atoms with Crippen LogP contribution in [0, 0.1) is 22.7 Å². The first-order chi connectivity index (χ1) is 23.2. The second kappa shape index (κ2) is 20.8. The van der Waals surface area contributed by atoms with Crippen molar-refractivity contribution in [3.63, 3.8) is 0 Å². The van der Waals surface area contributed by atoms with Crippen LogP contribution in [-0.2, 0) is 30.4 Å². The molecule has 6 N–H and O–H groups in total. The van der Waals surface area contributed by atoms with Crippen molar-refractivity contribution in [1.29, 1.82) is 0 Å². The molecule has 1 aliphatic rings. The monoisotopic (exact) mass is 727 g/mol. The molecule has 0 spiro atoms. The SMILES string of the molecule is C=CCNC(=O)C(=O)C(CCCCC)NC(=O)[C@@H]1C(C(C)C)CCN1C(=O)[C@@H](NC(=O)N[C@H](CNCCN(C)S(=O)O)C(C)(C)C)C(C)(C)C. The summed E-state index contributed by atoms with van der Waals surface area (Å²) in [5.41, 5.74) is -1.10. The summed E-state index contributed by atoms with van der Waals surface area (Å²) in [4.78, 5) is 69.2. The van der Waals surface area contributed by atoms with Crippen LogP contribution in [-0.4, -0.2) is 111 Å². The van der Waals surface area contributed by atoms with Gasteiger partial charge in [-0.25, -0.2) is 13.3 Å². The van der Waals surface area contributed by atoms with Gasteiger partial charge < -0.3 is 31.5 Å². The standard InChI is InChI=1S/C35H65N7O7S/c1-12-14-15-16-25(28(43)31(45)37-18-13-2)38-30(44)27-24(23(3)4)17-20-42(27)32(46)29(35(8,9)10)40-33(47)39-26(34(5,6)7)22-36-19-21-41(11)50(48)49/h13,23-27,29,36H,2,12,14-22H2,1,3-11H3,(H,37,45)(H,38,44)(H,48,49)(H2,39,40,47)/t24?,25?,26-,27+,29-/m1/s1. The lowest BCUT2D eigenvalue weighted by atomic mass is 9.84. The van der Waals surface area contributed by atoms with Crippen LogP contribution in [0.15, 0.2) is 12.7 Å². The second-order valence-electron chi connectivity index (χ2n) is 15.7. The molecule has 0 radical (unpaired) electrons. The second-order valence-corrected chi connectivity index (χ2v) is 16.8. The molecule has 0 saturated carbocycles. The highest BCUT2D eigenvalue weighted by Crippen LogP contribution is 2.33. The Morgan fingerprint density at radius 2 is 1.66 bits per heavy atom. The largest absolute Gasteiger partial charge is 0.346 e. The number of amides is 5. The average molecular weight is 728 g/mol. The lowest BCUT2D eigenvalue weighted by molar-refractivity contribution is -0.144. The van der Waals surface area contributed by atoms with E-state index in [1.165, 1.54) is 22.3 Å². The molecule has 15 heteroatoms. The highest BCUT2D eigenvalue weighted by molar-refractivity contribution is 7.76. The van der Waals surface area contributed by atoms with Gasteiger partial charge in [0, 0.05) is 45.8 Å². The van der Waals surface area contributed by atoms with Gasteiger partial charge >= 0.3 is 6.03 Å². The first-order valence-electron chi connectivity index (χ1n) is 17.8. The number of hydrogen-bond acceptors (Lipinski definition) is 7. The maximum atomic E-state index is 14.4. The summed E-state index contributed by atoms with van der Waals surface area (Å²) in [7, 11) is 1.53. The fourth-order valence-corrected chi connectivity index (χ4v) is 6.16. The van der Waals surface area contributed by atoms with Gasteiger partial charge in [0.15, 0.2) is 0 Å². The molecule has 1 fully saturated rings. The summed E-state index contributed by atoms with van der Waals surface area (Å²) in [6.45, 7) is 22.6. The number of ketones is 1. The van der Waals surface area contributed by atoms with E-state index in [1.807, 2.05) is 62.3 Å². The van der Waals surface area contributed by atoms with Gasteiger partial charge in [-0.3, -0.25) is 23.7 Å². The third kappa shape index (κ3) is 14.4. The van der Waals surface area contributed by atoms with Crippen LogP contribution in [0.5, 0.6) is 0 Å². The first-order valence-corrected chi connectivity index (χ1v) is 18.9. The van der Waals surface area contributed by atoms with Crippen LogP contribution in [0.4, 0.5) is 4.79 Å². The Morgan fingerprint density at radius 1 is 1.02 bits per heavy atom. The van der Waals surface area contributed by atoms with Crippen molar-refractivity contribution in [3.05, 3.63) is 12.7 Å². The van der Waals surface area contributed by atoms with E-state index in [-0.39, 0.29) is 29.8 Å². The van der Waals surface area contributed by atoms with Crippen molar-refractivity contribution < 1.29 is 32.7 Å². The van der Waals surface area contributed by atoms with Crippen molar-refractivity contribution in [3.8, 4) is 0 Å². The van der Waals surface area contributed by atoms with Gasteiger partial charge in [-0.1, -0.05) is 87.7 Å². The molecule has 3 unspecified atom stereocenters. The number of carbonyl (C=O) groups is 5. The summed E-state index contributed by atoms with van der Waals surface area (Å²) in [5.74, 6) is -2.60. The summed E-state index contributed by atoms with van der Waals surface area (Å²) in [6.07, 6.45) is 4.68. The molecule has 5 amide bonds. The Balaban J connectivity index is 3.26. The Hall–Kier alpha value is -2.88. The molecule has 0 aromatic rings. The number of carbonyl (C=O) groups excluding carboxylic acids is 5. The Morgan fingerprint density at radius 3 is 2.18 bits per heavy atom. The van der Waals surface area contributed by atoms with Gasteiger partial charge in [0.1, 0.15) is 12.1 Å². The van der Waals surface area contributed by atoms with Gasteiger partial charge in [0.25, 0.3) is 5.91 Å². The number of urea groups is 1.